The van der Waals surface area contributed by atoms with E-state index in [4.69, 9.17) is 21.4 Å². The third kappa shape index (κ3) is 5.67. The van der Waals surface area contributed by atoms with Crippen molar-refractivity contribution in [2.45, 2.75) is 45.2 Å². The SMILES string of the molecule is Cc1ncc(Cl)cc1C(=O)N[C@H]1CC[C@H](Cn2c(=O)n(-c3cnc(OCCO)c(F)c3)c3ccccc32)CC1. The standard InChI is InChI=1S/C28H29ClFN5O4/c1-17-22(12-19(29)14-31-17)26(37)33-20-8-6-18(7-9-20)16-34-24-4-2-3-5-25(24)35(28(34)38)21-13-23(30)27(32-15-21)39-11-10-36/h2-5,12-15,18,20,36H,6-11,16H2,1H3,(H,33,37)/t18-,20-. The minimum Gasteiger partial charge on any atom is -0.473 e. The number of imidazole rings is 1. The number of rotatable bonds is 8. The lowest BCUT2D eigenvalue weighted by atomic mass is 9.85. The molecule has 1 aliphatic carbocycles. The van der Waals surface area contributed by atoms with Crippen molar-refractivity contribution in [1.82, 2.24) is 24.4 Å². The first-order valence-electron chi connectivity index (χ1n) is 12.9. The number of aliphatic hydroxyl groups is 1. The molecule has 0 spiro atoms. The molecule has 1 aromatic carbocycles. The maximum absolute atomic E-state index is 14.6. The Balaban J connectivity index is 1.31. The summed E-state index contributed by atoms with van der Waals surface area (Å²) in [5.41, 5.74) is 2.52. The monoisotopic (exact) mass is 553 g/mol. The normalized spacial score (nSPS) is 17.3. The number of fused-ring (bicyclic) bond motifs is 1. The average molecular weight is 554 g/mol. The first-order valence-corrected chi connectivity index (χ1v) is 13.3. The van der Waals surface area contributed by atoms with E-state index in [9.17, 15) is 14.0 Å². The second-order valence-electron chi connectivity index (χ2n) is 9.75. The fraction of sp³-hybridized carbons (Fsp3) is 0.357. The van der Waals surface area contributed by atoms with Gasteiger partial charge in [-0.25, -0.2) is 14.2 Å². The van der Waals surface area contributed by atoms with E-state index in [1.54, 1.807) is 17.6 Å². The first-order chi connectivity index (χ1) is 18.9. The van der Waals surface area contributed by atoms with Crippen LogP contribution < -0.4 is 15.7 Å². The van der Waals surface area contributed by atoms with Gasteiger partial charge in [0, 0.05) is 24.8 Å². The highest BCUT2D eigenvalue weighted by Gasteiger charge is 2.26. The summed E-state index contributed by atoms with van der Waals surface area (Å²) in [6.45, 7) is 1.95. The molecule has 0 bridgehead atoms. The van der Waals surface area contributed by atoms with E-state index in [0.29, 0.717) is 34.0 Å². The summed E-state index contributed by atoms with van der Waals surface area (Å²) in [5, 5.41) is 12.4. The van der Waals surface area contributed by atoms with Crippen LogP contribution >= 0.6 is 11.6 Å². The van der Waals surface area contributed by atoms with Gasteiger partial charge in [-0.05, 0) is 56.7 Å². The van der Waals surface area contributed by atoms with Crippen molar-refractivity contribution < 1.29 is 19.0 Å². The third-order valence-corrected chi connectivity index (χ3v) is 7.34. The van der Waals surface area contributed by atoms with Gasteiger partial charge in [-0.2, -0.15) is 0 Å². The lowest BCUT2D eigenvalue weighted by Crippen LogP contribution is -2.39. The van der Waals surface area contributed by atoms with E-state index in [1.165, 1.54) is 23.0 Å². The van der Waals surface area contributed by atoms with Crippen molar-refractivity contribution in [3.8, 4) is 11.6 Å². The van der Waals surface area contributed by atoms with Crippen LogP contribution in [0.2, 0.25) is 5.02 Å². The van der Waals surface area contributed by atoms with Crippen molar-refractivity contribution >= 4 is 28.5 Å². The lowest BCUT2D eigenvalue weighted by Gasteiger charge is -2.29. The van der Waals surface area contributed by atoms with Crippen LogP contribution in [0.5, 0.6) is 5.88 Å². The van der Waals surface area contributed by atoms with E-state index in [2.05, 4.69) is 15.3 Å². The van der Waals surface area contributed by atoms with Gasteiger partial charge in [-0.1, -0.05) is 23.7 Å². The van der Waals surface area contributed by atoms with Gasteiger partial charge in [0.1, 0.15) is 6.61 Å². The average Bonchev–Trinajstić information content (AvgIpc) is 3.21. The van der Waals surface area contributed by atoms with Gasteiger partial charge in [0.15, 0.2) is 5.82 Å². The van der Waals surface area contributed by atoms with Crippen LogP contribution in [0.15, 0.2) is 53.6 Å². The summed E-state index contributed by atoms with van der Waals surface area (Å²) in [7, 11) is 0. The fourth-order valence-electron chi connectivity index (χ4n) is 5.17. The van der Waals surface area contributed by atoms with E-state index in [-0.39, 0.29) is 42.7 Å². The zero-order valence-corrected chi connectivity index (χ0v) is 22.2. The predicted molar refractivity (Wildman–Crippen MR) is 145 cm³/mol. The Hall–Kier alpha value is -3.76. The third-order valence-electron chi connectivity index (χ3n) is 7.14. The topological polar surface area (TPSA) is 111 Å². The highest BCUT2D eigenvalue weighted by Crippen LogP contribution is 2.28. The molecule has 1 saturated carbocycles. The summed E-state index contributed by atoms with van der Waals surface area (Å²) in [6.07, 6.45) is 6.18. The molecule has 5 rings (SSSR count). The number of aromatic nitrogens is 4. The number of hydrogen-bond donors (Lipinski definition) is 2. The summed E-state index contributed by atoms with van der Waals surface area (Å²) in [4.78, 5) is 34.5. The van der Waals surface area contributed by atoms with Gasteiger partial charge in [-0.3, -0.25) is 18.9 Å². The Morgan fingerprint density at radius 3 is 2.62 bits per heavy atom. The van der Waals surface area contributed by atoms with Crippen molar-refractivity contribution in [1.29, 1.82) is 0 Å². The molecule has 11 heteroatoms. The molecule has 3 aromatic heterocycles. The number of benzene rings is 1. The van der Waals surface area contributed by atoms with Gasteiger partial charge in [0.05, 0.1) is 45.8 Å². The summed E-state index contributed by atoms with van der Waals surface area (Å²) in [5.74, 6) is -0.878. The summed E-state index contributed by atoms with van der Waals surface area (Å²) in [6, 6.07) is 10.3. The Morgan fingerprint density at radius 1 is 1.15 bits per heavy atom. The van der Waals surface area contributed by atoms with Gasteiger partial charge in [-0.15, -0.1) is 0 Å². The molecule has 0 unspecified atom stereocenters. The van der Waals surface area contributed by atoms with E-state index in [0.717, 1.165) is 31.2 Å². The van der Waals surface area contributed by atoms with Gasteiger partial charge in [0.25, 0.3) is 11.8 Å². The number of nitrogens with one attached hydrogen (secondary N) is 1. The van der Waals surface area contributed by atoms with E-state index in [1.807, 2.05) is 24.3 Å². The molecular weight excluding hydrogens is 525 g/mol. The summed E-state index contributed by atoms with van der Waals surface area (Å²) < 4.78 is 22.9. The molecule has 3 heterocycles. The fourth-order valence-corrected chi connectivity index (χ4v) is 5.33. The Morgan fingerprint density at radius 2 is 1.90 bits per heavy atom. The molecule has 2 N–H and O–H groups in total. The largest absolute Gasteiger partial charge is 0.473 e. The van der Waals surface area contributed by atoms with Crippen molar-refractivity contribution in [2.75, 3.05) is 13.2 Å². The number of amides is 1. The highest BCUT2D eigenvalue weighted by molar-refractivity contribution is 6.30. The van der Waals surface area contributed by atoms with E-state index >= 15 is 0 Å². The second-order valence-corrected chi connectivity index (χ2v) is 10.2. The van der Waals surface area contributed by atoms with Crippen LogP contribution in [-0.4, -0.2) is 49.4 Å². The van der Waals surface area contributed by atoms with Crippen LogP contribution in [-0.2, 0) is 6.54 Å². The number of nitrogens with zero attached hydrogens (tertiary/aromatic N) is 4. The number of carbonyl (C=O) groups is 1. The number of ether oxygens (including phenoxy) is 1. The predicted octanol–water partition coefficient (Wildman–Crippen LogP) is 4.04. The van der Waals surface area contributed by atoms with Crippen LogP contribution in [0.1, 0.15) is 41.7 Å². The quantitative estimate of drug-likeness (QED) is 0.341. The molecule has 1 amide bonds. The lowest BCUT2D eigenvalue weighted by molar-refractivity contribution is 0.0919. The number of para-hydroxylation sites is 2. The zero-order valence-electron chi connectivity index (χ0n) is 21.4. The molecule has 9 nitrogen and oxygen atoms in total. The van der Waals surface area contributed by atoms with Crippen molar-refractivity contribution in [3.63, 3.8) is 0 Å². The molecule has 0 saturated heterocycles. The zero-order chi connectivity index (χ0) is 27.5. The number of hydrogen-bond acceptors (Lipinski definition) is 6. The van der Waals surface area contributed by atoms with Gasteiger partial charge < -0.3 is 15.2 Å². The molecule has 204 valence electrons. The maximum Gasteiger partial charge on any atom is 0.333 e. The number of halogens is 2. The number of aliphatic hydroxyl groups excluding tert-OH is 1. The van der Waals surface area contributed by atoms with Crippen LogP contribution in [0.3, 0.4) is 0 Å². The smallest absolute Gasteiger partial charge is 0.333 e. The molecular formula is C28H29ClFN5O4. The molecule has 0 atom stereocenters. The van der Waals surface area contributed by atoms with Crippen molar-refractivity contribution in [2.24, 2.45) is 5.92 Å². The molecule has 39 heavy (non-hydrogen) atoms. The Labute approximate surface area is 229 Å². The van der Waals surface area contributed by atoms with E-state index < -0.39 is 5.82 Å². The van der Waals surface area contributed by atoms with Crippen molar-refractivity contribution in [3.05, 3.63) is 81.4 Å². The Kier molecular flexibility index (Phi) is 7.94. The first kappa shape index (κ1) is 26.8. The molecule has 4 aromatic rings. The molecule has 1 aliphatic rings. The Bertz CT molecular complexity index is 1560. The van der Waals surface area contributed by atoms with Gasteiger partial charge >= 0.3 is 5.69 Å². The van der Waals surface area contributed by atoms with Crippen LogP contribution in [0.4, 0.5) is 4.39 Å². The minimum atomic E-state index is -0.714. The number of aryl methyl sites for hydroxylation is 1. The highest BCUT2D eigenvalue weighted by atomic mass is 35.5. The minimum absolute atomic E-state index is 0.0332. The maximum atomic E-state index is 14.6. The number of carbonyl (C=O) groups excluding carboxylic acids is 1. The summed E-state index contributed by atoms with van der Waals surface area (Å²) >= 11 is 6.02. The van der Waals surface area contributed by atoms with Crippen LogP contribution in [0, 0.1) is 18.7 Å². The second kappa shape index (κ2) is 11.5. The van der Waals surface area contributed by atoms with Gasteiger partial charge in [0.2, 0.25) is 0 Å². The van der Waals surface area contributed by atoms with Crippen LogP contribution in [0.25, 0.3) is 16.7 Å². The molecule has 1 fully saturated rings. The molecule has 0 aliphatic heterocycles. The number of pyridine rings is 2. The molecule has 0 radical (unpaired) electrons.